The second kappa shape index (κ2) is 6.61. The molecule has 1 atom stereocenters. The molecule has 1 unspecified atom stereocenters. The molecule has 0 aromatic heterocycles. The van der Waals surface area contributed by atoms with Crippen LogP contribution in [-0.2, 0) is 4.74 Å². The molecule has 1 N–H and O–H groups in total. The number of hydrogen-bond donors (Lipinski definition) is 1. The van der Waals surface area contributed by atoms with E-state index in [4.69, 9.17) is 4.74 Å². The molecular weight excluding hydrogens is 200 g/mol. The molecule has 0 radical (unpaired) electrons. The molecule has 2 aliphatic rings. The van der Waals surface area contributed by atoms with Gasteiger partial charge in [0.25, 0.3) is 0 Å². The number of aliphatic hydroxyl groups excluding tert-OH is 1. The molecule has 0 bridgehead atoms. The Morgan fingerprint density at radius 2 is 1.56 bits per heavy atom. The van der Waals surface area contributed by atoms with Crippen molar-refractivity contribution in [2.24, 2.45) is 11.8 Å². The third kappa shape index (κ3) is 3.74. The van der Waals surface area contributed by atoms with Gasteiger partial charge in [0.05, 0.1) is 12.7 Å². The Labute approximate surface area is 99.4 Å². The Hall–Kier alpha value is -0.0800. The van der Waals surface area contributed by atoms with Crippen LogP contribution < -0.4 is 0 Å². The molecule has 0 aromatic carbocycles. The molecule has 0 saturated heterocycles. The van der Waals surface area contributed by atoms with Gasteiger partial charge < -0.3 is 9.84 Å². The first-order valence-corrected chi connectivity index (χ1v) is 7.12. The zero-order chi connectivity index (χ0) is 11.2. The maximum absolute atomic E-state index is 9.95. The number of aliphatic hydroxyl groups is 1. The van der Waals surface area contributed by atoms with E-state index in [1.807, 2.05) is 0 Å². The molecule has 16 heavy (non-hydrogen) atoms. The van der Waals surface area contributed by atoms with Crippen LogP contribution in [0, 0.1) is 11.8 Å². The molecule has 2 rings (SSSR count). The highest BCUT2D eigenvalue weighted by Gasteiger charge is 2.23. The van der Waals surface area contributed by atoms with Crippen LogP contribution >= 0.6 is 0 Å². The second-order valence-corrected chi connectivity index (χ2v) is 5.65. The summed E-state index contributed by atoms with van der Waals surface area (Å²) in [6.07, 6.45) is 11.6. The Balaban J connectivity index is 1.56. The van der Waals surface area contributed by atoms with E-state index in [-0.39, 0.29) is 6.10 Å². The summed E-state index contributed by atoms with van der Waals surface area (Å²) in [6.45, 7) is 1.45. The predicted molar refractivity (Wildman–Crippen MR) is 65.4 cm³/mol. The highest BCUT2D eigenvalue weighted by atomic mass is 16.5. The van der Waals surface area contributed by atoms with Gasteiger partial charge in [-0.1, -0.05) is 32.1 Å². The van der Waals surface area contributed by atoms with Crippen molar-refractivity contribution in [2.45, 2.75) is 63.9 Å². The van der Waals surface area contributed by atoms with E-state index in [0.29, 0.717) is 12.5 Å². The largest absolute Gasteiger partial charge is 0.390 e. The molecule has 2 nitrogen and oxygen atoms in total. The van der Waals surface area contributed by atoms with Gasteiger partial charge in [-0.05, 0) is 37.5 Å². The standard InChI is InChI=1S/C14H26O2/c15-14(13-8-4-5-9-13)11-16-10-12-6-2-1-3-7-12/h12-15H,1-11H2. The monoisotopic (exact) mass is 226 g/mol. The summed E-state index contributed by atoms with van der Waals surface area (Å²) in [5.74, 6) is 1.29. The third-order valence-electron chi connectivity index (χ3n) is 4.31. The van der Waals surface area contributed by atoms with E-state index in [2.05, 4.69) is 0 Å². The van der Waals surface area contributed by atoms with Gasteiger partial charge in [0, 0.05) is 6.61 Å². The lowest BCUT2D eigenvalue weighted by Crippen LogP contribution is -2.25. The van der Waals surface area contributed by atoms with Crippen LogP contribution in [0.1, 0.15) is 57.8 Å². The van der Waals surface area contributed by atoms with E-state index in [0.717, 1.165) is 12.5 Å². The smallest absolute Gasteiger partial charge is 0.0801 e. The molecule has 94 valence electrons. The fourth-order valence-corrected chi connectivity index (χ4v) is 3.19. The first-order chi connectivity index (χ1) is 7.86. The Bertz CT molecular complexity index is 181. The fourth-order valence-electron chi connectivity index (χ4n) is 3.19. The highest BCUT2D eigenvalue weighted by molar-refractivity contribution is 4.74. The lowest BCUT2D eigenvalue weighted by molar-refractivity contribution is -0.00920. The lowest BCUT2D eigenvalue weighted by Gasteiger charge is -2.23. The molecule has 0 heterocycles. The van der Waals surface area contributed by atoms with Crippen molar-refractivity contribution in [1.82, 2.24) is 0 Å². The normalized spacial score (nSPS) is 26.1. The summed E-state index contributed by atoms with van der Waals surface area (Å²) in [4.78, 5) is 0. The predicted octanol–water partition coefficient (Wildman–Crippen LogP) is 3.13. The van der Waals surface area contributed by atoms with Crippen LogP contribution in [0.2, 0.25) is 0 Å². The molecule has 0 spiro atoms. The van der Waals surface area contributed by atoms with Gasteiger partial charge in [0.1, 0.15) is 0 Å². The van der Waals surface area contributed by atoms with Gasteiger partial charge in [0.15, 0.2) is 0 Å². The van der Waals surface area contributed by atoms with Gasteiger partial charge >= 0.3 is 0 Å². The minimum Gasteiger partial charge on any atom is -0.390 e. The topological polar surface area (TPSA) is 29.5 Å². The minimum absolute atomic E-state index is 0.203. The van der Waals surface area contributed by atoms with Gasteiger partial charge in [-0.25, -0.2) is 0 Å². The second-order valence-electron chi connectivity index (χ2n) is 5.65. The number of hydrogen-bond acceptors (Lipinski definition) is 2. The zero-order valence-electron chi connectivity index (χ0n) is 10.4. The highest BCUT2D eigenvalue weighted by Crippen LogP contribution is 2.28. The van der Waals surface area contributed by atoms with E-state index in [1.54, 1.807) is 0 Å². The van der Waals surface area contributed by atoms with Crippen molar-refractivity contribution in [1.29, 1.82) is 0 Å². The van der Waals surface area contributed by atoms with E-state index in [1.165, 1.54) is 57.8 Å². The molecule has 2 fully saturated rings. The lowest BCUT2D eigenvalue weighted by atomic mass is 9.90. The number of rotatable bonds is 5. The van der Waals surface area contributed by atoms with Crippen LogP contribution in [0.5, 0.6) is 0 Å². The molecule has 2 aliphatic carbocycles. The summed E-state index contributed by atoms with van der Waals surface area (Å²) in [7, 11) is 0. The van der Waals surface area contributed by atoms with E-state index in [9.17, 15) is 5.11 Å². The Morgan fingerprint density at radius 1 is 0.938 bits per heavy atom. The maximum Gasteiger partial charge on any atom is 0.0801 e. The zero-order valence-corrected chi connectivity index (χ0v) is 10.4. The van der Waals surface area contributed by atoms with Crippen molar-refractivity contribution in [3.05, 3.63) is 0 Å². The summed E-state index contributed by atoms with van der Waals surface area (Å²) >= 11 is 0. The van der Waals surface area contributed by atoms with Crippen molar-refractivity contribution >= 4 is 0 Å². The molecule has 2 saturated carbocycles. The van der Waals surface area contributed by atoms with E-state index >= 15 is 0 Å². The maximum atomic E-state index is 9.95. The van der Waals surface area contributed by atoms with Crippen LogP contribution in [0.3, 0.4) is 0 Å². The fraction of sp³-hybridized carbons (Fsp3) is 1.00. The van der Waals surface area contributed by atoms with Gasteiger partial charge in [0.2, 0.25) is 0 Å². The minimum atomic E-state index is -0.203. The van der Waals surface area contributed by atoms with E-state index < -0.39 is 0 Å². The van der Waals surface area contributed by atoms with Crippen LogP contribution in [0.25, 0.3) is 0 Å². The molecule has 0 aromatic rings. The quantitative estimate of drug-likeness (QED) is 0.780. The summed E-state index contributed by atoms with van der Waals surface area (Å²) < 4.78 is 5.70. The van der Waals surface area contributed by atoms with Crippen LogP contribution in [-0.4, -0.2) is 24.4 Å². The Morgan fingerprint density at radius 3 is 2.25 bits per heavy atom. The summed E-state index contributed by atoms with van der Waals surface area (Å²) in [6, 6.07) is 0. The third-order valence-corrected chi connectivity index (χ3v) is 4.31. The SMILES string of the molecule is OC(COCC1CCCCC1)C1CCCC1. The first kappa shape index (κ1) is 12.4. The molecule has 0 amide bonds. The molecular formula is C14H26O2. The van der Waals surface area contributed by atoms with Crippen molar-refractivity contribution < 1.29 is 9.84 Å². The average Bonchev–Trinajstić information content (AvgIpc) is 2.84. The summed E-state index contributed by atoms with van der Waals surface area (Å²) in [5, 5.41) is 9.95. The van der Waals surface area contributed by atoms with Crippen molar-refractivity contribution in [2.75, 3.05) is 13.2 Å². The Kier molecular flexibility index (Phi) is 5.11. The van der Waals surface area contributed by atoms with Crippen molar-refractivity contribution in [3.8, 4) is 0 Å². The van der Waals surface area contributed by atoms with Gasteiger partial charge in [-0.3, -0.25) is 0 Å². The number of ether oxygens (including phenoxy) is 1. The van der Waals surface area contributed by atoms with Crippen LogP contribution in [0.15, 0.2) is 0 Å². The van der Waals surface area contributed by atoms with Gasteiger partial charge in [-0.15, -0.1) is 0 Å². The van der Waals surface area contributed by atoms with Crippen molar-refractivity contribution in [3.63, 3.8) is 0 Å². The van der Waals surface area contributed by atoms with Gasteiger partial charge in [-0.2, -0.15) is 0 Å². The first-order valence-electron chi connectivity index (χ1n) is 7.12. The van der Waals surface area contributed by atoms with Crippen LogP contribution in [0.4, 0.5) is 0 Å². The molecule has 2 heteroatoms. The summed E-state index contributed by atoms with van der Waals surface area (Å²) in [5.41, 5.74) is 0. The average molecular weight is 226 g/mol. The molecule has 0 aliphatic heterocycles.